The van der Waals surface area contributed by atoms with E-state index in [1.165, 1.54) is 30.1 Å². The molecule has 3 rings (SSSR count). The molecule has 0 saturated carbocycles. The predicted octanol–water partition coefficient (Wildman–Crippen LogP) is 2.62. The monoisotopic (exact) mass is 397 g/mol. The summed E-state index contributed by atoms with van der Waals surface area (Å²) >= 11 is 1.28. The minimum Gasteiger partial charge on any atom is -0.504 e. The second kappa shape index (κ2) is 9.05. The highest BCUT2D eigenvalue weighted by Gasteiger charge is 2.14. The maximum Gasteiger partial charge on any atom is 0.250 e. The summed E-state index contributed by atoms with van der Waals surface area (Å²) in [6, 6.07) is 14.0. The number of hydrogen-bond donors (Lipinski definition) is 3. The quantitative estimate of drug-likeness (QED) is 0.244. The molecule has 144 valence electrons. The molecule has 0 atom stereocenters. The van der Waals surface area contributed by atoms with Gasteiger partial charge >= 0.3 is 0 Å². The van der Waals surface area contributed by atoms with Crippen molar-refractivity contribution in [2.75, 3.05) is 5.75 Å². The minimum absolute atomic E-state index is 0.130. The van der Waals surface area contributed by atoms with Gasteiger partial charge < -0.3 is 14.8 Å². The second-order valence-corrected chi connectivity index (χ2v) is 6.69. The first-order valence-electron chi connectivity index (χ1n) is 8.53. The van der Waals surface area contributed by atoms with E-state index in [2.05, 4.69) is 20.7 Å². The van der Waals surface area contributed by atoms with Crippen LogP contribution in [0.2, 0.25) is 0 Å². The molecule has 1 heterocycles. The van der Waals surface area contributed by atoms with Crippen LogP contribution in [0.15, 0.2) is 58.8 Å². The van der Waals surface area contributed by atoms with E-state index in [0.717, 1.165) is 11.4 Å². The highest BCUT2D eigenvalue weighted by atomic mass is 32.2. The Morgan fingerprint density at radius 1 is 1.18 bits per heavy atom. The molecule has 0 radical (unpaired) electrons. The van der Waals surface area contributed by atoms with Gasteiger partial charge in [0, 0.05) is 12.1 Å². The van der Waals surface area contributed by atoms with Crippen molar-refractivity contribution in [2.45, 2.75) is 18.6 Å². The van der Waals surface area contributed by atoms with Crippen LogP contribution in [-0.2, 0) is 11.3 Å². The van der Waals surface area contributed by atoms with Crippen molar-refractivity contribution in [3.63, 3.8) is 0 Å². The first-order valence-corrected chi connectivity index (χ1v) is 9.52. The van der Waals surface area contributed by atoms with Gasteiger partial charge in [0.2, 0.25) is 0 Å². The number of aromatic hydroxyl groups is 2. The molecule has 28 heavy (non-hydrogen) atoms. The Hall–Kier alpha value is -3.33. The lowest BCUT2D eigenvalue weighted by molar-refractivity contribution is -0.118. The number of hydrogen-bond acceptors (Lipinski definition) is 7. The summed E-state index contributed by atoms with van der Waals surface area (Å²) in [5, 5.41) is 31.6. The number of nitrogens with zero attached hydrogens (tertiary/aromatic N) is 4. The van der Waals surface area contributed by atoms with Crippen molar-refractivity contribution in [3.8, 4) is 22.9 Å². The molecule has 3 N–H and O–H groups in total. The lowest BCUT2D eigenvalue weighted by Gasteiger charge is -2.06. The molecule has 2 aromatic carbocycles. The van der Waals surface area contributed by atoms with E-state index in [1.807, 2.05) is 41.8 Å². The number of carbonyl (C=O) groups is 1. The summed E-state index contributed by atoms with van der Waals surface area (Å²) < 4.78 is 1.95. The highest BCUT2D eigenvalue weighted by molar-refractivity contribution is 7.99. The Labute approximate surface area is 165 Å². The number of thioether (sulfide) groups is 1. The first kappa shape index (κ1) is 19.4. The number of aromatic nitrogens is 3. The zero-order valence-electron chi connectivity index (χ0n) is 15.1. The standard InChI is InChI=1S/C19H19N5O3S/c1-2-24-18(14-6-4-3-5-7-14)22-23-19(24)28-12-17(27)21-20-11-13-8-9-15(25)16(26)10-13/h3-11,25-26H,2,12H2,1H3,(H,21,27). The number of nitrogens with one attached hydrogen (secondary N) is 1. The Balaban J connectivity index is 1.58. The molecule has 0 spiro atoms. The number of phenols is 2. The van der Waals surface area contributed by atoms with E-state index in [-0.39, 0.29) is 23.2 Å². The molecule has 1 aromatic heterocycles. The number of rotatable bonds is 7. The largest absolute Gasteiger partial charge is 0.504 e. The number of carbonyl (C=O) groups excluding carboxylic acids is 1. The van der Waals surface area contributed by atoms with Crippen molar-refractivity contribution in [1.29, 1.82) is 0 Å². The molecular formula is C19H19N5O3S. The molecule has 0 aliphatic heterocycles. The van der Waals surface area contributed by atoms with Gasteiger partial charge in [0.15, 0.2) is 22.5 Å². The number of amides is 1. The lowest BCUT2D eigenvalue weighted by Crippen LogP contribution is -2.20. The maximum atomic E-state index is 12.0. The molecule has 3 aromatic rings. The fourth-order valence-electron chi connectivity index (χ4n) is 2.44. The summed E-state index contributed by atoms with van der Waals surface area (Å²) in [6.07, 6.45) is 1.38. The smallest absolute Gasteiger partial charge is 0.250 e. The molecule has 0 bridgehead atoms. The summed E-state index contributed by atoms with van der Waals surface area (Å²) in [6.45, 7) is 2.68. The van der Waals surface area contributed by atoms with Crippen molar-refractivity contribution in [1.82, 2.24) is 20.2 Å². The predicted molar refractivity (Wildman–Crippen MR) is 107 cm³/mol. The Morgan fingerprint density at radius 3 is 2.68 bits per heavy atom. The normalized spacial score (nSPS) is 11.0. The Morgan fingerprint density at radius 2 is 1.96 bits per heavy atom. The minimum atomic E-state index is -0.295. The van der Waals surface area contributed by atoms with Gasteiger partial charge in [-0.2, -0.15) is 5.10 Å². The van der Waals surface area contributed by atoms with Crippen LogP contribution in [0.25, 0.3) is 11.4 Å². The van der Waals surface area contributed by atoms with Crippen LogP contribution in [-0.4, -0.2) is 42.9 Å². The van der Waals surface area contributed by atoms with Crippen molar-refractivity contribution in [2.24, 2.45) is 5.10 Å². The number of phenolic OH excluding ortho intramolecular Hbond substituents is 2. The summed E-state index contributed by atoms with van der Waals surface area (Å²) in [7, 11) is 0. The summed E-state index contributed by atoms with van der Waals surface area (Å²) in [5.41, 5.74) is 3.93. The maximum absolute atomic E-state index is 12.0. The second-order valence-electron chi connectivity index (χ2n) is 5.75. The fraction of sp³-hybridized carbons (Fsp3) is 0.158. The number of benzene rings is 2. The SMILES string of the molecule is CCn1c(SCC(=O)NN=Cc2ccc(O)c(O)c2)nnc1-c1ccccc1. The van der Waals surface area contributed by atoms with Crippen molar-refractivity contribution in [3.05, 3.63) is 54.1 Å². The van der Waals surface area contributed by atoms with Crippen LogP contribution < -0.4 is 5.43 Å². The molecule has 0 aliphatic rings. The molecule has 1 amide bonds. The van der Waals surface area contributed by atoms with Crippen LogP contribution in [0.4, 0.5) is 0 Å². The first-order chi connectivity index (χ1) is 13.6. The van der Waals surface area contributed by atoms with Gasteiger partial charge in [-0.1, -0.05) is 42.1 Å². The van der Waals surface area contributed by atoms with E-state index in [4.69, 9.17) is 0 Å². The average Bonchev–Trinajstić information content (AvgIpc) is 3.12. The van der Waals surface area contributed by atoms with E-state index in [9.17, 15) is 15.0 Å². The van der Waals surface area contributed by atoms with Crippen LogP contribution in [0.5, 0.6) is 11.5 Å². The molecule has 0 aliphatic carbocycles. The number of hydrazone groups is 1. The topological polar surface area (TPSA) is 113 Å². The highest BCUT2D eigenvalue weighted by Crippen LogP contribution is 2.24. The third kappa shape index (κ3) is 4.68. The zero-order valence-corrected chi connectivity index (χ0v) is 15.9. The third-order valence-electron chi connectivity index (χ3n) is 3.80. The average molecular weight is 397 g/mol. The fourth-order valence-corrected chi connectivity index (χ4v) is 3.24. The van der Waals surface area contributed by atoms with E-state index < -0.39 is 0 Å². The molecule has 0 unspecified atom stereocenters. The van der Waals surface area contributed by atoms with Gasteiger partial charge in [-0.25, -0.2) is 5.43 Å². The van der Waals surface area contributed by atoms with Crippen LogP contribution in [0.1, 0.15) is 12.5 Å². The van der Waals surface area contributed by atoms with Gasteiger partial charge in [0.1, 0.15) is 0 Å². The van der Waals surface area contributed by atoms with Gasteiger partial charge in [-0.15, -0.1) is 10.2 Å². The van der Waals surface area contributed by atoms with E-state index in [0.29, 0.717) is 17.3 Å². The molecule has 8 nitrogen and oxygen atoms in total. The molecule has 0 saturated heterocycles. The van der Waals surface area contributed by atoms with E-state index >= 15 is 0 Å². The third-order valence-corrected chi connectivity index (χ3v) is 4.77. The Bertz CT molecular complexity index is 988. The van der Waals surface area contributed by atoms with Gasteiger partial charge in [0.25, 0.3) is 5.91 Å². The van der Waals surface area contributed by atoms with Crippen molar-refractivity contribution < 1.29 is 15.0 Å². The van der Waals surface area contributed by atoms with E-state index in [1.54, 1.807) is 6.07 Å². The summed E-state index contributed by atoms with van der Waals surface area (Å²) in [4.78, 5) is 12.0. The zero-order chi connectivity index (χ0) is 19.9. The Kier molecular flexibility index (Phi) is 6.28. The van der Waals surface area contributed by atoms with Crippen LogP contribution >= 0.6 is 11.8 Å². The van der Waals surface area contributed by atoms with Gasteiger partial charge in [0.05, 0.1) is 12.0 Å². The molecule has 9 heteroatoms. The van der Waals surface area contributed by atoms with Crippen LogP contribution in [0, 0.1) is 0 Å². The van der Waals surface area contributed by atoms with Gasteiger partial charge in [-0.3, -0.25) is 4.79 Å². The lowest BCUT2D eigenvalue weighted by atomic mass is 10.2. The van der Waals surface area contributed by atoms with Gasteiger partial charge in [-0.05, 0) is 30.7 Å². The summed E-state index contributed by atoms with van der Waals surface area (Å²) in [5.74, 6) is 0.129. The molecular weight excluding hydrogens is 378 g/mol. The van der Waals surface area contributed by atoms with Crippen molar-refractivity contribution >= 4 is 23.9 Å². The molecule has 0 fully saturated rings. The van der Waals surface area contributed by atoms with Crippen LogP contribution in [0.3, 0.4) is 0 Å².